The second-order valence-corrected chi connectivity index (χ2v) is 16.9. The Labute approximate surface area is 108 Å². The molecule has 4 heteroatoms. The Kier molecular flexibility index (Phi) is 4.26. The van der Waals surface area contributed by atoms with Gasteiger partial charge in [0.05, 0.1) is 6.07 Å². The Hall–Kier alpha value is -0.536. The molecule has 0 aromatic rings. The highest BCUT2D eigenvalue weighted by Gasteiger charge is 2.37. The van der Waals surface area contributed by atoms with Gasteiger partial charge < -0.3 is 4.23 Å². The number of allylic oxidation sites excluding steroid dienone is 2. The molecule has 0 amide bonds. The number of nitriles is 1. The van der Waals surface area contributed by atoms with Crippen molar-refractivity contribution in [2.24, 2.45) is 0 Å². The maximum atomic E-state index is 9.34. The minimum Gasteiger partial charge on any atom is -0.427 e. The number of nitrogens with zero attached hydrogens (tertiary/aromatic N) is 2. The molecule has 0 heterocycles. The first kappa shape index (κ1) is 14.5. The molecule has 1 rings (SSSR count). The topological polar surface area (TPSA) is 27.0 Å². The van der Waals surface area contributed by atoms with Crippen LogP contribution in [-0.4, -0.2) is 20.7 Å². The smallest absolute Gasteiger partial charge is 0.138 e. The Morgan fingerprint density at radius 3 is 1.82 bits per heavy atom. The zero-order chi connectivity index (χ0) is 13.3. The van der Waals surface area contributed by atoms with Crippen molar-refractivity contribution >= 4 is 16.5 Å². The Morgan fingerprint density at radius 1 is 0.941 bits per heavy atom. The van der Waals surface area contributed by atoms with Gasteiger partial charge >= 0.3 is 0 Å². The van der Waals surface area contributed by atoms with E-state index < -0.39 is 16.5 Å². The van der Waals surface area contributed by atoms with E-state index in [1.54, 1.807) is 0 Å². The predicted octanol–water partition coefficient (Wildman–Crippen LogP) is 4.31. The van der Waals surface area contributed by atoms with E-state index in [4.69, 9.17) is 0 Å². The molecule has 96 valence electrons. The molecule has 0 aliphatic heterocycles. The second-order valence-electron chi connectivity index (χ2n) is 6.92. The SMILES string of the molecule is C[Si](C)(C)N(C1=C(C#N)CCCC1)[Si](C)(C)C. The molecule has 0 saturated heterocycles. The van der Waals surface area contributed by atoms with E-state index in [1.807, 2.05) is 0 Å². The third-order valence-electron chi connectivity index (χ3n) is 3.19. The summed E-state index contributed by atoms with van der Waals surface area (Å²) in [4.78, 5) is 0. The van der Waals surface area contributed by atoms with E-state index in [9.17, 15) is 5.26 Å². The van der Waals surface area contributed by atoms with Crippen LogP contribution >= 0.6 is 0 Å². The average Bonchev–Trinajstić information content (AvgIpc) is 2.14. The van der Waals surface area contributed by atoms with Crippen LogP contribution in [0.3, 0.4) is 0 Å². The molecule has 0 N–H and O–H groups in total. The molecule has 2 nitrogen and oxygen atoms in total. The van der Waals surface area contributed by atoms with Crippen molar-refractivity contribution in [2.75, 3.05) is 0 Å². The molecule has 0 fully saturated rings. The summed E-state index contributed by atoms with van der Waals surface area (Å²) < 4.78 is 2.72. The van der Waals surface area contributed by atoms with Gasteiger partial charge in [-0.1, -0.05) is 39.3 Å². The van der Waals surface area contributed by atoms with Crippen molar-refractivity contribution in [3.05, 3.63) is 11.3 Å². The van der Waals surface area contributed by atoms with Crippen molar-refractivity contribution < 1.29 is 0 Å². The molecule has 0 saturated carbocycles. The van der Waals surface area contributed by atoms with Gasteiger partial charge in [-0.3, -0.25) is 0 Å². The van der Waals surface area contributed by atoms with Gasteiger partial charge in [0.2, 0.25) is 0 Å². The van der Waals surface area contributed by atoms with Gasteiger partial charge in [0.25, 0.3) is 0 Å². The maximum Gasteiger partial charge on any atom is 0.138 e. The molecular weight excluding hydrogens is 240 g/mol. The minimum atomic E-state index is -1.38. The van der Waals surface area contributed by atoms with Gasteiger partial charge in [0, 0.05) is 11.3 Å². The fourth-order valence-electron chi connectivity index (χ4n) is 3.07. The molecule has 0 unspecified atom stereocenters. The molecule has 0 bridgehead atoms. The van der Waals surface area contributed by atoms with Crippen molar-refractivity contribution in [1.29, 1.82) is 5.26 Å². The Bertz CT molecular complexity index is 339. The van der Waals surface area contributed by atoms with Crippen LogP contribution in [0.25, 0.3) is 0 Å². The molecule has 0 aromatic heterocycles. The monoisotopic (exact) mass is 266 g/mol. The Morgan fingerprint density at radius 2 is 1.41 bits per heavy atom. The van der Waals surface area contributed by atoms with Gasteiger partial charge in [-0.05, 0) is 25.7 Å². The van der Waals surface area contributed by atoms with Crippen LogP contribution < -0.4 is 0 Å². The lowest BCUT2D eigenvalue weighted by molar-refractivity contribution is 0.590. The molecule has 1 aliphatic rings. The van der Waals surface area contributed by atoms with Crippen LogP contribution in [0.5, 0.6) is 0 Å². The van der Waals surface area contributed by atoms with Gasteiger partial charge in [-0.25, -0.2) is 0 Å². The van der Waals surface area contributed by atoms with E-state index in [0.29, 0.717) is 0 Å². The summed E-state index contributed by atoms with van der Waals surface area (Å²) >= 11 is 0. The van der Waals surface area contributed by atoms with Crippen LogP contribution in [0.1, 0.15) is 25.7 Å². The summed E-state index contributed by atoms with van der Waals surface area (Å²) in [5.41, 5.74) is 2.47. The van der Waals surface area contributed by atoms with Gasteiger partial charge in [-0.2, -0.15) is 5.26 Å². The minimum absolute atomic E-state index is 0.997. The van der Waals surface area contributed by atoms with Crippen LogP contribution in [-0.2, 0) is 0 Å². The molecular formula is C13H26N2Si2. The summed E-state index contributed by atoms with van der Waals surface area (Å²) in [6.45, 7) is 14.4. The normalized spacial score (nSPS) is 17.9. The standard InChI is InChI=1S/C13H26N2Si2/c1-16(2,3)15(17(4,5)6)13-10-8-7-9-12(13)11-14/h7-10H2,1-6H3. The third-order valence-corrected chi connectivity index (χ3v) is 10.4. The number of rotatable bonds is 3. The van der Waals surface area contributed by atoms with E-state index in [1.165, 1.54) is 18.5 Å². The second kappa shape index (κ2) is 4.99. The fraction of sp³-hybridized carbons (Fsp3) is 0.769. The molecule has 0 spiro atoms. The zero-order valence-corrected chi connectivity index (χ0v) is 14.2. The van der Waals surface area contributed by atoms with E-state index >= 15 is 0 Å². The Balaban J connectivity index is 3.24. The first-order valence-electron chi connectivity index (χ1n) is 6.60. The fourth-order valence-corrected chi connectivity index (χ4v) is 13.2. The van der Waals surface area contributed by atoms with E-state index in [0.717, 1.165) is 18.4 Å². The number of hydrogen-bond donors (Lipinski definition) is 0. The predicted molar refractivity (Wildman–Crippen MR) is 79.6 cm³/mol. The lowest BCUT2D eigenvalue weighted by Crippen LogP contribution is -2.58. The highest BCUT2D eigenvalue weighted by atomic mass is 28.4. The number of hydrogen-bond acceptors (Lipinski definition) is 2. The summed E-state index contributed by atoms with van der Waals surface area (Å²) in [5, 5.41) is 9.34. The summed E-state index contributed by atoms with van der Waals surface area (Å²) in [7, 11) is -2.76. The summed E-state index contributed by atoms with van der Waals surface area (Å²) in [6, 6.07) is 2.46. The zero-order valence-electron chi connectivity index (χ0n) is 12.2. The average molecular weight is 267 g/mol. The summed E-state index contributed by atoms with van der Waals surface area (Å²) in [6.07, 6.45) is 4.57. The van der Waals surface area contributed by atoms with Crippen molar-refractivity contribution in [2.45, 2.75) is 65.0 Å². The highest BCUT2D eigenvalue weighted by molar-refractivity contribution is 6.90. The van der Waals surface area contributed by atoms with Crippen molar-refractivity contribution in [3.8, 4) is 6.07 Å². The molecule has 0 atom stereocenters. The molecule has 1 aliphatic carbocycles. The van der Waals surface area contributed by atoms with Crippen LogP contribution in [0.2, 0.25) is 39.3 Å². The largest absolute Gasteiger partial charge is 0.427 e. The molecule has 17 heavy (non-hydrogen) atoms. The maximum absolute atomic E-state index is 9.34. The third kappa shape index (κ3) is 3.46. The lowest BCUT2D eigenvalue weighted by Gasteiger charge is -2.48. The van der Waals surface area contributed by atoms with Crippen LogP contribution in [0.15, 0.2) is 11.3 Å². The van der Waals surface area contributed by atoms with Crippen LogP contribution in [0, 0.1) is 11.3 Å². The van der Waals surface area contributed by atoms with E-state index in [2.05, 4.69) is 49.6 Å². The van der Waals surface area contributed by atoms with Crippen molar-refractivity contribution in [3.63, 3.8) is 0 Å². The lowest BCUT2D eigenvalue weighted by atomic mass is 9.98. The van der Waals surface area contributed by atoms with Gasteiger partial charge in [-0.15, -0.1) is 0 Å². The summed E-state index contributed by atoms with van der Waals surface area (Å²) in [5.74, 6) is 0. The molecule has 0 radical (unpaired) electrons. The van der Waals surface area contributed by atoms with Gasteiger partial charge in [0.1, 0.15) is 16.5 Å². The van der Waals surface area contributed by atoms with Crippen LogP contribution in [0.4, 0.5) is 0 Å². The quantitative estimate of drug-likeness (QED) is 0.712. The van der Waals surface area contributed by atoms with E-state index in [-0.39, 0.29) is 0 Å². The molecule has 0 aromatic carbocycles. The van der Waals surface area contributed by atoms with Crippen molar-refractivity contribution in [1.82, 2.24) is 4.23 Å². The first-order valence-corrected chi connectivity index (χ1v) is 13.5. The highest BCUT2D eigenvalue weighted by Crippen LogP contribution is 2.34. The first-order chi connectivity index (χ1) is 7.68. The van der Waals surface area contributed by atoms with Gasteiger partial charge in [0.15, 0.2) is 0 Å².